The minimum Gasteiger partial charge on any atom is -0.367 e. The average Bonchev–Trinajstić information content (AvgIpc) is 3.11. The fourth-order valence-electron chi connectivity index (χ4n) is 2.91. The van der Waals surface area contributed by atoms with Crippen molar-refractivity contribution in [3.63, 3.8) is 0 Å². The molecule has 2 heterocycles. The Kier molecular flexibility index (Phi) is 6.91. The Morgan fingerprint density at radius 3 is 2.64 bits per heavy atom. The zero-order valence-electron chi connectivity index (χ0n) is 16.8. The highest BCUT2D eigenvalue weighted by atomic mass is 35.5. The molecule has 1 amide bonds. The van der Waals surface area contributed by atoms with Crippen molar-refractivity contribution in [3.8, 4) is 0 Å². The van der Waals surface area contributed by atoms with Crippen LogP contribution in [-0.4, -0.2) is 54.8 Å². The van der Waals surface area contributed by atoms with E-state index in [1.54, 1.807) is 11.3 Å². The van der Waals surface area contributed by atoms with E-state index in [0.29, 0.717) is 10.8 Å². The highest BCUT2D eigenvalue weighted by Gasteiger charge is 2.20. The van der Waals surface area contributed by atoms with Crippen LogP contribution in [0.15, 0.2) is 27.9 Å². The Morgan fingerprint density at radius 2 is 2.00 bits per heavy atom. The smallest absolute Gasteiger partial charge is 0.234 e. The molecule has 0 spiro atoms. The van der Waals surface area contributed by atoms with Crippen LogP contribution in [0.5, 0.6) is 0 Å². The number of carbonyl (C=O) groups excluding carboxylic acids is 1. The third-order valence-corrected chi connectivity index (χ3v) is 6.91. The van der Waals surface area contributed by atoms with Gasteiger partial charge in [-0.15, -0.1) is 11.3 Å². The van der Waals surface area contributed by atoms with Crippen molar-refractivity contribution in [2.45, 2.75) is 30.5 Å². The number of likely N-dealkylation sites (N-methyl/N-ethyl adjacent to an activating group) is 1. The molecule has 1 aliphatic heterocycles. The summed E-state index contributed by atoms with van der Waals surface area (Å²) in [5, 5.41) is 5.74. The molecule has 1 N–H and O–H groups in total. The zero-order chi connectivity index (χ0) is 20.3. The number of piperazine rings is 1. The fourth-order valence-corrected chi connectivity index (χ4v) is 4.94. The van der Waals surface area contributed by atoms with Crippen molar-refractivity contribution in [3.05, 3.63) is 34.3 Å². The molecule has 0 bridgehead atoms. The van der Waals surface area contributed by atoms with Gasteiger partial charge >= 0.3 is 0 Å². The number of halogens is 1. The van der Waals surface area contributed by atoms with E-state index in [9.17, 15) is 4.79 Å². The molecular formula is C20H27ClN4OS2. The molecule has 152 valence electrons. The van der Waals surface area contributed by atoms with Gasteiger partial charge in [0.2, 0.25) is 5.91 Å². The predicted molar refractivity (Wildman–Crippen MR) is 121 cm³/mol. The summed E-state index contributed by atoms with van der Waals surface area (Å²) in [6, 6.07) is 5.70. The summed E-state index contributed by atoms with van der Waals surface area (Å²) < 4.78 is 0.922. The lowest BCUT2D eigenvalue weighted by molar-refractivity contribution is -0.113. The second kappa shape index (κ2) is 9.03. The second-order valence-electron chi connectivity index (χ2n) is 8.04. The van der Waals surface area contributed by atoms with Gasteiger partial charge in [-0.25, -0.2) is 4.98 Å². The van der Waals surface area contributed by atoms with E-state index in [1.165, 1.54) is 11.8 Å². The van der Waals surface area contributed by atoms with Gasteiger partial charge in [-0.05, 0) is 25.2 Å². The molecule has 1 saturated heterocycles. The van der Waals surface area contributed by atoms with Crippen LogP contribution in [0.25, 0.3) is 0 Å². The first-order chi connectivity index (χ1) is 13.2. The Hall–Kier alpha value is -1.28. The monoisotopic (exact) mass is 438 g/mol. The summed E-state index contributed by atoms with van der Waals surface area (Å²) in [4.78, 5) is 21.8. The molecule has 1 aromatic heterocycles. The number of amides is 1. The number of thioether (sulfide) groups is 1. The number of nitrogens with zero attached hydrogens (tertiary/aromatic N) is 3. The van der Waals surface area contributed by atoms with E-state index in [-0.39, 0.29) is 11.3 Å². The summed E-state index contributed by atoms with van der Waals surface area (Å²) in [5.41, 5.74) is 2.89. The van der Waals surface area contributed by atoms with Crippen LogP contribution in [0.3, 0.4) is 0 Å². The Bertz CT molecular complexity index is 826. The molecule has 1 aromatic carbocycles. The lowest BCUT2D eigenvalue weighted by Gasteiger charge is -2.35. The van der Waals surface area contributed by atoms with Crippen molar-refractivity contribution in [1.82, 2.24) is 9.88 Å². The third-order valence-electron chi connectivity index (χ3n) is 4.65. The molecular weight excluding hydrogens is 412 g/mol. The summed E-state index contributed by atoms with van der Waals surface area (Å²) >= 11 is 9.25. The zero-order valence-corrected chi connectivity index (χ0v) is 19.2. The number of anilines is 2. The molecule has 8 heteroatoms. The van der Waals surface area contributed by atoms with Gasteiger partial charge in [-0.2, -0.15) is 0 Å². The van der Waals surface area contributed by atoms with Crippen molar-refractivity contribution < 1.29 is 4.79 Å². The number of rotatable bonds is 5. The molecule has 0 radical (unpaired) electrons. The Labute approximate surface area is 180 Å². The van der Waals surface area contributed by atoms with Crippen molar-refractivity contribution in [2.75, 3.05) is 49.2 Å². The number of thiazole rings is 1. The summed E-state index contributed by atoms with van der Waals surface area (Å²) in [6.07, 6.45) is 0. The number of benzene rings is 1. The van der Waals surface area contributed by atoms with Crippen LogP contribution in [0.4, 0.5) is 11.4 Å². The average molecular weight is 439 g/mol. The first kappa shape index (κ1) is 21.4. The summed E-state index contributed by atoms with van der Waals surface area (Å²) in [5.74, 6) is 0.279. The second-order valence-corrected chi connectivity index (χ2v) is 10.6. The third kappa shape index (κ3) is 5.63. The number of nitrogens with one attached hydrogen (secondary N) is 1. The van der Waals surface area contributed by atoms with Gasteiger partial charge < -0.3 is 15.1 Å². The topological polar surface area (TPSA) is 48.5 Å². The molecule has 0 saturated carbocycles. The van der Waals surface area contributed by atoms with Crippen LogP contribution in [0, 0.1) is 0 Å². The Balaban J connectivity index is 1.63. The normalized spacial score (nSPS) is 15.7. The van der Waals surface area contributed by atoms with E-state index < -0.39 is 0 Å². The molecule has 0 unspecified atom stereocenters. The van der Waals surface area contributed by atoms with Crippen molar-refractivity contribution in [1.29, 1.82) is 0 Å². The quantitative estimate of drug-likeness (QED) is 0.692. The van der Waals surface area contributed by atoms with Crippen LogP contribution in [-0.2, 0) is 10.2 Å². The maximum atomic E-state index is 12.6. The first-order valence-corrected chi connectivity index (χ1v) is 11.6. The van der Waals surface area contributed by atoms with E-state index in [4.69, 9.17) is 11.6 Å². The van der Waals surface area contributed by atoms with Crippen LogP contribution >= 0.6 is 34.7 Å². The van der Waals surface area contributed by atoms with Gasteiger partial charge in [0.1, 0.15) is 0 Å². The molecule has 2 aromatic rings. The van der Waals surface area contributed by atoms with E-state index >= 15 is 0 Å². The van der Waals surface area contributed by atoms with Gasteiger partial charge in [0, 0.05) is 42.0 Å². The number of hydrogen-bond acceptors (Lipinski definition) is 6. The van der Waals surface area contributed by atoms with Crippen LogP contribution in [0.2, 0.25) is 5.02 Å². The van der Waals surface area contributed by atoms with Gasteiger partial charge in [0.25, 0.3) is 0 Å². The lowest BCUT2D eigenvalue weighted by atomic mass is 9.93. The largest absolute Gasteiger partial charge is 0.367 e. The van der Waals surface area contributed by atoms with E-state index in [0.717, 1.165) is 47.6 Å². The number of carbonyl (C=O) groups is 1. The maximum Gasteiger partial charge on any atom is 0.234 e. The molecule has 0 aliphatic carbocycles. The molecule has 1 fully saturated rings. The molecule has 28 heavy (non-hydrogen) atoms. The standard InChI is InChI=1S/C20H27ClN4OS2/c1-20(2,3)17-12-27-19(23-17)28-13-18(26)22-15-11-14(21)5-6-16(15)25-9-7-24(4)8-10-25/h5-6,11-12H,7-10,13H2,1-4H3,(H,22,26). The highest BCUT2D eigenvalue weighted by Crippen LogP contribution is 2.32. The van der Waals surface area contributed by atoms with Gasteiger partial charge in [-0.3, -0.25) is 4.79 Å². The molecule has 1 aliphatic rings. The summed E-state index contributed by atoms with van der Waals surface area (Å²) in [7, 11) is 2.13. The van der Waals surface area contributed by atoms with Crippen LogP contribution < -0.4 is 10.2 Å². The minimum atomic E-state index is -0.0462. The molecule has 3 rings (SSSR count). The maximum absolute atomic E-state index is 12.6. The van der Waals surface area contributed by atoms with Crippen molar-refractivity contribution >= 4 is 52.0 Å². The van der Waals surface area contributed by atoms with Gasteiger partial charge in [0.05, 0.1) is 22.8 Å². The predicted octanol–water partition coefficient (Wildman–Crippen LogP) is 4.58. The SMILES string of the molecule is CN1CCN(c2ccc(Cl)cc2NC(=O)CSc2nc(C(C)(C)C)cs2)CC1. The van der Waals surface area contributed by atoms with Crippen LogP contribution in [0.1, 0.15) is 26.5 Å². The first-order valence-electron chi connectivity index (χ1n) is 9.34. The number of hydrogen-bond donors (Lipinski definition) is 1. The van der Waals surface area contributed by atoms with E-state index in [1.807, 2.05) is 18.2 Å². The van der Waals surface area contributed by atoms with E-state index in [2.05, 4.69) is 53.3 Å². The fraction of sp³-hybridized carbons (Fsp3) is 0.500. The highest BCUT2D eigenvalue weighted by molar-refractivity contribution is 8.01. The van der Waals surface area contributed by atoms with Crippen molar-refractivity contribution in [2.24, 2.45) is 0 Å². The molecule has 5 nitrogen and oxygen atoms in total. The summed E-state index contributed by atoms with van der Waals surface area (Å²) in [6.45, 7) is 10.3. The lowest BCUT2D eigenvalue weighted by Crippen LogP contribution is -2.44. The molecule has 0 atom stereocenters. The van der Waals surface area contributed by atoms with Gasteiger partial charge in [-0.1, -0.05) is 44.1 Å². The Morgan fingerprint density at radius 1 is 1.29 bits per heavy atom. The van der Waals surface area contributed by atoms with Gasteiger partial charge in [0.15, 0.2) is 4.34 Å². The number of aromatic nitrogens is 1. The minimum absolute atomic E-state index is 0.0236.